The molecule has 2 atom stereocenters. The number of rotatable bonds is 8. The molecule has 9 nitrogen and oxygen atoms in total. The number of nitrogens with one attached hydrogen (secondary N) is 1. The van der Waals surface area contributed by atoms with Crippen molar-refractivity contribution in [2.75, 3.05) is 26.0 Å². The zero-order chi connectivity index (χ0) is 21.1. The average Bonchev–Trinajstić information content (AvgIpc) is 3.36. The SMILES string of the molecule is CN=C(C(=O)NC1CC1(CO)C(N)=O)c1cc(OC/C(S)=C(\C)N)ccc1N. The summed E-state index contributed by atoms with van der Waals surface area (Å²) in [6.07, 6.45) is 0.274. The van der Waals surface area contributed by atoms with Gasteiger partial charge in [-0.1, -0.05) is 0 Å². The van der Waals surface area contributed by atoms with Crippen LogP contribution in [0.5, 0.6) is 5.75 Å². The molecule has 28 heavy (non-hydrogen) atoms. The van der Waals surface area contributed by atoms with Crippen molar-refractivity contribution in [1.29, 1.82) is 0 Å². The number of amides is 2. The van der Waals surface area contributed by atoms with Crippen LogP contribution in [0, 0.1) is 5.41 Å². The Morgan fingerprint density at radius 2 is 2.11 bits per heavy atom. The third-order valence-corrected chi connectivity index (χ3v) is 5.18. The van der Waals surface area contributed by atoms with Crippen molar-refractivity contribution in [3.63, 3.8) is 0 Å². The average molecular weight is 407 g/mol. The number of primary amides is 1. The first-order valence-electron chi connectivity index (χ1n) is 8.51. The van der Waals surface area contributed by atoms with Crippen molar-refractivity contribution in [2.45, 2.75) is 19.4 Å². The molecular weight excluding hydrogens is 382 g/mol. The quantitative estimate of drug-likeness (QED) is 0.194. The van der Waals surface area contributed by atoms with E-state index in [1.807, 2.05) is 0 Å². The smallest absolute Gasteiger partial charge is 0.270 e. The van der Waals surface area contributed by atoms with Crippen molar-refractivity contribution >= 4 is 35.8 Å². The molecule has 10 heteroatoms. The van der Waals surface area contributed by atoms with E-state index in [9.17, 15) is 14.7 Å². The van der Waals surface area contributed by atoms with Crippen LogP contribution < -0.4 is 27.3 Å². The van der Waals surface area contributed by atoms with Gasteiger partial charge in [0.25, 0.3) is 5.91 Å². The first kappa shape index (κ1) is 21.6. The van der Waals surface area contributed by atoms with Gasteiger partial charge in [-0.25, -0.2) is 0 Å². The van der Waals surface area contributed by atoms with Crippen LogP contribution in [-0.2, 0) is 9.59 Å². The topological polar surface area (TPSA) is 166 Å². The number of carbonyl (C=O) groups is 2. The van der Waals surface area contributed by atoms with Crippen LogP contribution in [-0.4, -0.2) is 48.9 Å². The molecule has 2 amide bonds. The number of aliphatic hydroxyl groups excluding tert-OH is 1. The standard InChI is InChI=1S/C18H25N5O4S/c1-9(19)13(28)7-27-10-3-4-12(20)11(5-10)15(22-2)16(25)23-14-6-18(14,8-24)17(21)26/h3-5,14,24,28H,6-8,19-20H2,1-2H3,(H2,21,26)(H,23,25)/b13-9-,22-15?. The highest BCUT2D eigenvalue weighted by atomic mass is 32.1. The molecule has 0 aliphatic heterocycles. The van der Waals surface area contributed by atoms with Gasteiger partial charge in [-0.2, -0.15) is 0 Å². The van der Waals surface area contributed by atoms with Crippen molar-refractivity contribution in [2.24, 2.45) is 21.9 Å². The molecule has 1 aromatic rings. The Labute approximate surface area is 168 Å². The summed E-state index contributed by atoms with van der Waals surface area (Å²) in [6, 6.07) is 4.29. The number of nitrogen functional groups attached to an aromatic ring is 1. The fraction of sp³-hybridized carbons (Fsp3) is 0.389. The number of hydrogen-bond donors (Lipinski definition) is 6. The normalized spacial score (nSPS) is 22.3. The molecule has 2 unspecified atom stereocenters. The van der Waals surface area contributed by atoms with E-state index in [4.69, 9.17) is 21.9 Å². The summed E-state index contributed by atoms with van der Waals surface area (Å²) in [5, 5.41) is 12.1. The summed E-state index contributed by atoms with van der Waals surface area (Å²) < 4.78 is 5.62. The number of carbonyl (C=O) groups excluding carboxylic acids is 2. The summed E-state index contributed by atoms with van der Waals surface area (Å²) in [4.78, 5) is 28.8. The molecule has 8 N–H and O–H groups in total. The van der Waals surface area contributed by atoms with Crippen LogP contribution in [0.4, 0.5) is 5.69 Å². The lowest BCUT2D eigenvalue weighted by Crippen LogP contribution is -2.41. The van der Waals surface area contributed by atoms with Crippen LogP contribution >= 0.6 is 12.6 Å². The molecule has 0 bridgehead atoms. The predicted molar refractivity (Wildman–Crippen MR) is 110 cm³/mol. The first-order chi connectivity index (χ1) is 13.2. The summed E-state index contributed by atoms with van der Waals surface area (Å²) >= 11 is 4.24. The van der Waals surface area contributed by atoms with Crippen molar-refractivity contribution in [3.05, 3.63) is 34.4 Å². The van der Waals surface area contributed by atoms with Gasteiger partial charge < -0.3 is 32.4 Å². The molecule has 0 saturated heterocycles. The van der Waals surface area contributed by atoms with Crippen LogP contribution in [0.2, 0.25) is 0 Å². The molecule has 0 heterocycles. The van der Waals surface area contributed by atoms with E-state index < -0.39 is 29.9 Å². The monoisotopic (exact) mass is 407 g/mol. The molecule has 1 saturated carbocycles. The number of anilines is 1. The first-order valence-corrected chi connectivity index (χ1v) is 8.96. The van der Waals surface area contributed by atoms with Gasteiger partial charge in [0.1, 0.15) is 18.1 Å². The molecule has 1 aliphatic rings. The second-order valence-electron chi connectivity index (χ2n) is 6.65. The Balaban J connectivity index is 2.18. The lowest BCUT2D eigenvalue weighted by atomic mass is 10.1. The minimum Gasteiger partial charge on any atom is -0.488 e. The predicted octanol–water partition coefficient (Wildman–Crippen LogP) is -0.461. The number of nitrogens with two attached hydrogens (primary N) is 3. The molecule has 1 aromatic carbocycles. The van der Waals surface area contributed by atoms with Crippen molar-refractivity contribution in [1.82, 2.24) is 5.32 Å². The Morgan fingerprint density at radius 3 is 2.61 bits per heavy atom. The Bertz CT molecular complexity index is 850. The lowest BCUT2D eigenvalue weighted by Gasteiger charge is -2.14. The second-order valence-corrected chi connectivity index (χ2v) is 7.19. The van der Waals surface area contributed by atoms with E-state index in [1.54, 1.807) is 25.1 Å². The number of nitrogens with zero attached hydrogens (tertiary/aromatic N) is 1. The molecule has 0 radical (unpaired) electrons. The highest BCUT2D eigenvalue weighted by Crippen LogP contribution is 2.45. The summed E-state index contributed by atoms with van der Waals surface area (Å²) in [6.45, 7) is 1.44. The van der Waals surface area contributed by atoms with E-state index in [0.29, 0.717) is 27.6 Å². The minimum atomic E-state index is -1.12. The van der Waals surface area contributed by atoms with Gasteiger partial charge in [0, 0.05) is 34.9 Å². The fourth-order valence-electron chi connectivity index (χ4n) is 2.69. The van der Waals surface area contributed by atoms with E-state index in [2.05, 4.69) is 22.9 Å². The van der Waals surface area contributed by atoms with E-state index in [1.165, 1.54) is 7.05 Å². The van der Waals surface area contributed by atoms with Gasteiger partial charge in [-0.3, -0.25) is 14.6 Å². The number of allylic oxidation sites excluding steroid dienone is 1. The van der Waals surface area contributed by atoms with Gasteiger partial charge in [-0.15, -0.1) is 12.6 Å². The highest BCUT2D eigenvalue weighted by Gasteiger charge is 2.59. The van der Waals surface area contributed by atoms with Gasteiger partial charge in [0.05, 0.1) is 12.0 Å². The third-order valence-electron chi connectivity index (χ3n) is 4.70. The summed E-state index contributed by atoms with van der Waals surface area (Å²) in [7, 11) is 1.45. The number of thiol groups is 1. The number of aliphatic hydroxyl groups is 1. The van der Waals surface area contributed by atoms with Gasteiger partial charge >= 0.3 is 0 Å². The van der Waals surface area contributed by atoms with Crippen LogP contribution in [0.25, 0.3) is 0 Å². The lowest BCUT2D eigenvalue weighted by molar-refractivity contribution is -0.124. The molecule has 1 fully saturated rings. The maximum absolute atomic E-state index is 12.7. The largest absolute Gasteiger partial charge is 0.488 e. The Hall–Kier alpha value is -2.72. The fourth-order valence-corrected chi connectivity index (χ4v) is 2.75. The molecule has 0 aromatic heterocycles. The number of aliphatic imine (C=N–C) groups is 1. The maximum Gasteiger partial charge on any atom is 0.270 e. The van der Waals surface area contributed by atoms with Crippen LogP contribution in [0.3, 0.4) is 0 Å². The molecule has 152 valence electrons. The van der Waals surface area contributed by atoms with E-state index >= 15 is 0 Å². The highest BCUT2D eigenvalue weighted by molar-refractivity contribution is 7.84. The zero-order valence-electron chi connectivity index (χ0n) is 15.7. The second kappa shape index (κ2) is 8.53. The maximum atomic E-state index is 12.7. The molecule has 1 aliphatic carbocycles. The summed E-state index contributed by atoms with van der Waals surface area (Å²) in [5.74, 6) is -0.726. The Kier molecular flexibility index (Phi) is 6.57. The van der Waals surface area contributed by atoms with E-state index in [0.717, 1.165) is 0 Å². The van der Waals surface area contributed by atoms with Gasteiger partial charge in [0.15, 0.2) is 0 Å². The van der Waals surface area contributed by atoms with E-state index in [-0.39, 0.29) is 18.7 Å². The van der Waals surface area contributed by atoms with Crippen molar-refractivity contribution < 1.29 is 19.4 Å². The van der Waals surface area contributed by atoms with Gasteiger partial charge in [-0.05, 0) is 31.5 Å². The number of ether oxygens (including phenoxy) is 1. The molecular formula is C18H25N5O4S. The van der Waals surface area contributed by atoms with Crippen LogP contribution in [0.1, 0.15) is 18.9 Å². The number of hydrogen-bond acceptors (Lipinski definition) is 8. The minimum absolute atomic E-state index is 0.0720. The third kappa shape index (κ3) is 4.39. The zero-order valence-corrected chi connectivity index (χ0v) is 16.6. The van der Waals surface area contributed by atoms with Crippen LogP contribution in [0.15, 0.2) is 33.8 Å². The molecule has 0 spiro atoms. The Morgan fingerprint density at radius 1 is 1.43 bits per heavy atom. The number of benzene rings is 1. The summed E-state index contributed by atoms with van der Waals surface area (Å²) in [5.41, 5.74) is 17.2. The molecule has 2 rings (SSSR count). The van der Waals surface area contributed by atoms with Gasteiger partial charge in [0.2, 0.25) is 5.91 Å². The van der Waals surface area contributed by atoms with Crippen molar-refractivity contribution in [3.8, 4) is 5.75 Å².